The van der Waals surface area contributed by atoms with Crippen LogP contribution in [0.3, 0.4) is 0 Å². The Kier molecular flexibility index (Phi) is 4.45. The molecule has 0 aliphatic carbocycles. The summed E-state index contributed by atoms with van der Waals surface area (Å²) in [6.45, 7) is 2.33. The van der Waals surface area contributed by atoms with Crippen molar-refractivity contribution in [3.8, 4) is 6.07 Å². The highest BCUT2D eigenvalue weighted by Gasteiger charge is 2.24. The Hall–Kier alpha value is -2.91. The van der Waals surface area contributed by atoms with E-state index in [2.05, 4.69) is 5.32 Å². The first-order valence-electron chi connectivity index (χ1n) is 7.66. The summed E-state index contributed by atoms with van der Waals surface area (Å²) in [6.07, 6.45) is 1.50. The summed E-state index contributed by atoms with van der Waals surface area (Å²) >= 11 is 0. The fourth-order valence-electron chi connectivity index (χ4n) is 2.73. The van der Waals surface area contributed by atoms with Crippen molar-refractivity contribution >= 4 is 11.6 Å². The minimum atomic E-state index is -0.686. The average molecular weight is 324 g/mol. The molecule has 24 heavy (non-hydrogen) atoms. The van der Waals surface area contributed by atoms with E-state index in [4.69, 9.17) is 14.4 Å². The number of carbonyl (C=O) groups is 1. The van der Waals surface area contributed by atoms with Crippen molar-refractivity contribution in [3.63, 3.8) is 0 Å². The van der Waals surface area contributed by atoms with Crippen molar-refractivity contribution in [2.24, 2.45) is 0 Å². The Bertz CT molecular complexity index is 873. The molecule has 1 aromatic heterocycles. The first kappa shape index (κ1) is 16.0. The number of rotatable bonds is 3. The lowest BCUT2D eigenvalue weighted by Crippen LogP contribution is -2.23. The normalized spacial score (nSPS) is 16.6. The van der Waals surface area contributed by atoms with Gasteiger partial charge in [-0.25, -0.2) is 4.79 Å². The van der Waals surface area contributed by atoms with Gasteiger partial charge in [0.05, 0.1) is 11.6 Å². The smallest absolute Gasteiger partial charge is 0.349 e. The predicted octanol–water partition coefficient (Wildman–Crippen LogP) is 2.92. The van der Waals surface area contributed by atoms with Crippen LogP contribution in [0.5, 0.6) is 0 Å². The Balaban J connectivity index is 1.87. The number of nitrogens with zero attached hydrogens (tertiary/aromatic N) is 1. The van der Waals surface area contributed by atoms with E-state index in [0.29, 0.717) is 29.2 Å². The van der Waals surface area contributed by atoms with Crippen LogP contribution in [0.2, 0.25) is 0 Å². The molecule has 122 valence electrons. The van der Waals surface area contributed by atoms with Gasteiger partial charge in [-0.05, 0) is 49.6 Å². The van der Waals surface area contributed by atoms with E-state index in [1.807, 2.05) is 6.07 Å². The molecule has 1 N–H and O–H groups in total. The number of aryl methyl sites for hydroxylation is 1. The highest BCUT2D eigenvalue weighted by Crippen LogP contribution is 2.28. The molecule has 0 saturated carbocycles. The number of carbonyl (C=O) groups excluding carboxylic acids is 1. The molecule has 6 nitrogen and oxygen atoms in total. The minimum absolute atomic E-state index is 0.0425. The lowest BCUT2D eigenvalue weighted by molar-refractivity contribution is 0.0895. The lowest BCUT2D eigenvalue weighted by Gasteiger charge is -2.11. The topological polar surface area (TPSA) is 92.3 Å². The number of nitriles is 1. The van der Waals surface area contributed by atoms with Crippen LogP contribution in [0.4, 0.5) is 5.69 Å². The number of nitrogens with one attached hydrogen (secondary N) is 1. The summed E-state index contributed by atoms with van der Waals surface area (Å²) in [6, 6.07) is 10.1. The first-order valence-corrected chi connectivity index (χ1v) is 7.66. The van der Waals surface area contributed by atoms with Gasteiger partial charge >= 0.3 is 5.63 Å². The summed E-state index contributed by atoms with van der Waals surface area (Å²) in [7, 11) is 0. The highest BCUT2D eigenvalue weighted by atomic mass is 16.5. The Morgan fingerprint density at radius 1 is 1.38 bits per heavy atom. The zero-order chi connectivity index (χ0) is 17.1. The van der Waals surface area contributed by atoms with Crippen LogP contribution in [0, 0.1) is 18.3 Å². The zero-order valence-corrected chi connectivity index (χ0v) is 13.2. The minimum Gasteiger partial charge on any atom is -0.424 e. The Morgan fingerprint density at radius 3 is 2.88 bits per heavy atom. The third kappa shape index (κ3) is 3.21. The van der Waals surface area contributed by atoms with Crippen LogP contribution in [0.15, 0.2) is 39.5 Å². The second-order valence-corrected chi connectivity index (χ2v) is 5.64. The fourth-order valence-corrected chi connectivity index (χ4v) is 2.73. The first-order chi connectivity index (χ1) is 11.6. The second kappa shape index (κ2) is 6.69. The largest absolute Gasteiger partial charge is 0.424 e. The van der Waals surface area contributed by atoms with Crippen LogP contribution in [0.1, 0.15) is 46.2 Å². The summed E-state index contributed by atoms with van der Waals surface area (Å²) in [5.74, 6) is -0.103. The molecule has 1 amide bonds. The van der Waals surface area contributed by atoms with Crippen molar-refractivity contribution < 1.29 is 13.9 Å². The quantitative estimate of drug-likeness (QED) is 0.937. The van der Waals surface area contributed by atoms with Gasteiger partial charge in [-0.3, -0.25) is 4.79 Å². The molecule has 0 bridgehead atoms. The van der Waals surface area contributed by atoms with Gasteiger partial charge in [-0.1, -0.05) is 6.07 Å². The van der Waals surface area contributed by atoms with Gasteiger partial charge < -0.3 is 14.5 Å². The van der Waals surface area contributed by atoms with Gasteiger partial charge in [-0.2, -0.15) is 5.26 Å². The maximum atomic E-state index is 12.4. The molecule has 2 aromatic rings. The van der Waals surface area contributed by atoms with Crippen LogP contribution in [-0.2, 0) is 4.74 Å². The standard InChI is InChI=1S/C18H16N2O4/c1-11-8-15(14-6-3-7-23-14)24-18(22)16(11)17(21)20-13-5-2-4-12(9-13)10-19/h2,4-5,8-9,14H,3,6-7H2,1H3,(H,20,21). The summed E-state index contributed by atoms with van der Waals surface area (Å²) in [4.78, 5) is 24.6. The van der Waals surface area contributed by atoms with Crippen LogP contribution >= 0.6 is 0 Å². The number of anilines is 1. The maximum absolute atomic E-state index is 12.4. The molecule has 1 atom stereocenters. The number of hydrogen-bond donors (Lipinski definition) is 1. The SMILES string of the molecule is Cc1cc(C2CCCO2)oc(=O)c1C(=O)Nc1cccc(C#N)c1. The predicted molar refractivity (Wildman–Crippen MR) is 86.8 cm³/mol. The molecule has 1 aliphatic heterocycles. The van der Waals surface area contributed by atoms with Gasteiger partial charge in [-0.15, -0.1) is 0 Å². The number of amides is 1. The maximum Gasteiger partial charge on any atom is 0.349 e. The number of ether oxygens (including phenoxy) is 1. The van der Waals surface area contributed by atoms with Crippen molar-refractivity contribution in [1.82, 2.24) is 0 Å². The highest BCUT2D eigenvalue weighted by molar-refractivity contribution is 6.04. The van der Waals surface area contributed by atoms with E-state index >= 15 is 0 Å². The van der Waals surface area contributed by atoms with Crippen LogP contribution < -0.4 is 10.9 Å². The van der Waals surface area contributed by atoms with E-state index in [1.165, 1.54) is 6.07 Å². The molecule has 6 heteroatoms. The van der Waals surface area contributed by atoms with Gasteiger partial charge in [0, 0.05) is 12.3 Å². The molecule has 1 fully saturated rings. The third-order valence-electron chi connectivity index (χ3n) is 3.89. The Labute approximate surface area is 138 Å². The monoisotopic (exact) mass is 324 g/mol. The van der Waals surface area contributed by atoms with Gasteiger partial charge in [0.1, 0.15) is 17.4 Å². The van der Waals surface area contributed by atoms with Crippen molar-refractivity contribution in [3.05, 3.63) is 63.2 Å². The zero-order valence-electron chi connectivity index (χ0n) is 13.2. The summed E-state index contributed by atoms with van der Waals surface area (Å²) < 4.78 is 10.8. The van der Waals surface area contributed by atoms with Gasteiger partial charge in [0.25, 0.3) is 5.91 Å². The average Bonchev–Trinajstić information content (AvgIpc) is 3.08. The molecular formula is C18H16N2O4. The van der Waals surface area contributed by atoms with E-state index in [9.17, 15) is 9.59 Å². The van der Waals surface area contributed by atoms with Gasteiger partial charge in [0.2, 0.25) is 0 Å². The summed E-state index contributed by atoms with van der Waals surface area (Å²) in [5.41, 5.74) is 0.672. The Morgan fingerprint density at radius 2 is 2.21 bits per heavy atom. The summed E-state index contributed by atoms with van der Waals surface area (Å²) in [5, 5.41) is 11.5. The fraction of sp³-hybridized carbons (Fsp3) is 0.278. The van der Waals surface area contributed by atoms with Gasteiger partial charge in [0.15, 0.2) is 0 Å². The molecular weight excluding hydrogens is 308 g/mol. The van der Waals surface area contributed by atoms with E-state index in [1.54, 1.807) is 31.2 Å². The van der Waals surface area contributed by atoms with Crippen LogP contribution in [-0.4, -0.2) is 12.5 Å². The molecule has 2 heterocycles. The molecule has 1 aliphatic rings. The van der Waals surface area contributed by atoms with E-state index < -0.39 is 11.5 Å². The van der Waals surface area contributed by atoms with Crippen molar-refractivity contribution in [2.75, 3.05) is 11.9 Å². The number of hydrogen-bond acceptors (Lipinski definition) is 5. The van der Waals surface area contributed by atoms with Crippen molar-refractivity contribution in [1.29, 1.82) is 5.26 Å². The van der Waals surface area contributed by atoms with Crippen molar-refractivity contribution in [2.45, 2.75) is 25.9 Å². The van der Waals surface area contributed by atoms with E-state index in [-0.39, 0.29) is 11.7 Å². The number of benzene rings is 1. The molecule has 1 saturated heterocycles. The molecule has 0 radical (unpaired) electrons. The molecule has 0 spiro atoms. The molecule has 3 rings (SSSR count). The lowest BCUT2D eigenvalue weighted by atomic mass is 10.1. The third-order valence-corrected chi connectivity index (χ3v) is 3.89. The molecule has 1 unspecified atom stereocenters. The molecule has 1 aromatic carbocycles. The van der Waals surface area contributed by atoms with E-state index in [0.717, 1.165) is 12.8 Å². The van der Waals surface area contributed by atoms with Crippen LogP contribution in [0.25, 0.3) is 0 Å². The second-order valence-electron chi connectivity index (χ2n) is 5.64.